The highest BCUT2D eigenvalue weighted by Gasteiger charge is 2.08. The average molecular weight is 219 g/mol. The van der Waals surface area contributed by atoms with Crippen molar-refractivity contribution < 1.29 is 9.53 Å². The lowest BCUT2D eigenvalue weighted by molar-refractivity contribution is 0.0520. The fourth-order valence-electron chi connectivity index (χ4n) is 1.08. The van der Waals surface area contributed by atoms with E-state index in [4.69, 9.17) is 10.5 Å². The normalized spacial score (nSPS) is 9.29. The van der Waals surface area contributed by atoms with Crippen LogP contribution in [0.2, 0.25) is 0 Å². The Hall–Kier alpha value is -1.00. The molecular weight excluding hydrogens is 204 g/mol. The first-order valence-electron chi connectivity index (χ1n) is 4.32. The van der Waals surface area contributed by atoms with E-state index in [1.807, 2.05) is 0 Å². The SMILES string of the molecule is CCOC(=O)c1cc(CCN)c[nH]1.Cl. The molecule has 1 rings (SSSR count). The predicted molar refractivity (Wildman–Crippen MR) is 56.8 cm³/mol. The second-order valence-corrected chi connectivity index (χ2v) is 2.68. The summed E-state index contributed by atoms with van der Waals surface area (Å²) in [5.74, 6) is -0.314. The fourth-order valence-corrected chi connectivity index (χ4v) is 1.08. The summed E-state index contributed by atoms with van der Waals surface area (Å²) in [6.07, 6.45) is 2.55. The van der Waals surface area contributed by atoms with Gasteiger partial charge in [0.2, 0.25) is 0 Å². The second-order valence-electron chi connectivity index (χ2n) is 2.68. The van der Waals surface area contributed by atoms with Gasteiger partial charge < -0.3 is 15.5 Å². The van der Waals surface area contributed by atoms with Crippen molar-refractivity contribution in [1.29, 1.82) is 0 Å². The van der Waals surface area contributed by atoms with Gasteiger partial charge in [-0.1, -0.05) is 0 Å². The number of ether oxygens (including phenoxy) is 1. The molecule has 14 heavy (non-hydrogen) atoms. The summed E-state index contributed by atoms with van der Waals surface area (Å²) in [5.41, 5.74) is 6.90. The number of carbonyl (C=O) groups excluding carboxylic acids is 1. The van der Waals surface area contributed by atoms with Gasteiger partial charge in [0, 0.05) is 6.20 Å². The number of aromatic nitrogens is 1. The first-order valence-corrected chi connectivity index (χ1v) is 4.32. The minimum atomic E-state index is -0.314. The van der Waals surface area contributed by atoms with Crippen molar-refractivity contribution in [3.63, 3.8) is 0 Å². The molecule has 0 saturated carbocycles. The molecule has 0 aliphatic heterocycles. The number of hydrogen-bond acceptors (Lipinski definition) is 3. The van der Waals surface area contributed by atoms with E-state index < -0.39 is 0 Å². The molecule has 3 N–H and O–H groups in total. The van der Waals surface area contributed by atoms with Crippen molar-refractivity contribution in [1.82, 2.24) is 4.98 Å². The van der Waals surface area contributed by atoms with Gasteiger partial charge in [0.05, 0.1) is 6.61 Å². The quantitative estimate of drug-likeness (QED) is 0.745. The Balaban J connectivity index is 0.00000169. The summed E-state index contributed by atoms with van der Waals surface area (Å²) in [5, 5.41) is 0. The molecule has 1 aromatic rings. The van der Waals surface area contributed by atoms with Crippen LogP contribution in [0.3, 0.4) is 0 Å². The number of rotatable bonds is 4. The van der Waals surface area contributed by atoms with Gasteiger partial charge in [-0.05, 0) is 31.5 Å². The van der Waals surface area contributed by atoms with Crippen molar-refractivity contribution in [3.05, 3.63) is 23.5 Å². The number of H-pyrrole nitrogens is 1. The maximum atomic E-state index is 11.2. The zero-order valence-electron chi connectivity index (χ0n) is 8.08. The van der Waals surface area contributed by atoms with E-state index in [0.29, 0.717) is 18.8 Å². The van der Waals surface area contributed by atoms with Crippen LogP contribution in [-0.2, 0) is 11.2 Å². The molecule has 0 bridgehead atoms. The number of aromatic amines is 1. The van der Waals surface area contributed by atoms with Crippen LogP contribution in [0.25, 0.3) is 0 Å². The van der Waals surface area contributed by atoms with Gasteiger partial charge >= 0.3 is 5.97 Å². The zero-order valence-corrected chi connectivity index (χ0v) is 8.89. The van der Waals surface area contributed by atoms with Gasteiger partial charge in [0.25, 0.3) is 0 Å². The number of halogens is 1. The van der Waals surface area contributed by atoms with Crippen LogP contribution >= 0.6 is 12.4 Å². The molecule has 0 amide bonds. The van der Waals surface area contributed by atoms with Gasteiger partial charge in [-0.3, -0.25) is 0 Å². The van der Waals surface area contributed by atoms with Gasteiger partial charge in [0.15, 0.2) is 0 Å². The Morgan fingerprint density at radius 2 is 2.36 bits per heavy atom. The first kappa shape index (κ1) is 13.0. The Morgan fingerprint density at radius 1 is 1.64 bits per heavy atom. The molecule has 0 aliphatic rings. The summed E-state index contributed by atoms with van der Waals surface area (Å²) >= 11 is 0. The molecule has 1 aromatic heterocycles. The van der Waals surface area contributed by atoms with Gasteiger partial charge in [-0.15, -0.1) is 12.4 Å². The maximum Gasteiger partial charge on any atom is 0.354 e. The maximum absolute atomic E-state index is 11.2. The summed E-state index contributed by atoms with van der Waals surface area (Å²) in [4.78, 5) is 14.0. The molecule has 4 nitrogen and oxygen atoms in total. The van der Waals surface area contributed by atoms with Crippen LogP contribution < -0.4 is 5.73 Å². The van der Waals surface area contributed by atoms with Crippen LogP contribution in [0.1, 0.15) is 23.0 Å². The molecule has 0 fully saturated rings. The molecule has 0 atom stereocenters. The summed E-state index contributed by atoms with van der Waals surface area (Å²) in [6, 6.07) is 1.77. The van der Waals surface area contributed by atoms with E-state index in [1.165, 1.54) is 0 Å². The van der Waals surface area contributed by atoms with Crippen LogP contribution in [0.4, 0.5) is 0 Å². The van der Waals surface area contributed by atoms with E-state index in [-0.39, 0.29) is 18.4 Å². The molecule has 0 aromatic carbocycles. The molecule has 0 aliphatic carbocycles. The largest absolute Gasteiger partial charge is 0.461 e. The van der Waals surface area contributed by atoms with Gasteiger partial charge in [-0.25, -0.2) is 4.79 Å². The van der Waals surface area contributed by atoms with Crippen molar-refractivity contribution in [2.75, 3.05) is 13.2 Å². The third-order valence-corrected chi connectivity index (χ3v) is 1.67. The molecule has 0 unspecified atom stereocenters. The molecule has 0 spiro atoms. The lowest BCUT2D eigenvalue weighted by Crippen LogP contribution is -2.04. The van der Waals surface area contributed by atoms with Crippen molar-refractivity contribution in [2.45, 2.75) is 13.3 Å². The van der Waals surface area contributed by atoms with Crippen molar-refractivity contribution in [3.8, 4) is 0 Å². The number of carbonyl (C=O) groups is 1. The van der Waals surface area contributed by atoms with E-state index in [0.717, 1.165) is 12.0 Å². The molecule has 5 heteroatoms. The van der Waals surface area contributed by atoms with Crippen molar-refractivity contribution >= 4 is 18.4 Å². The lowest BCUT2D eigenvalue weighted by atomic mass is 10.2. The van der Waals surface area contributed by atoms with E-state index >= 15 is 0 Å². The minimum absolute atomic E-state index is 0. The predicted octanol–water partition coefficient (Wildman–Crippen LogP) is 1.11. The Labute approximate surface area is 89.2 Å². The highest BCUT2D eigenvalue weighted by molar-refractivity contribution is 5.87. The third kappa shape index (κ3) is 3.40. The standard InChI is InChI=1S/C9H14N2O2.ClH/c1-2-13-9(12)8-5-7(3-4-10)6-11-8;/h5-6,11H,2-4,10H2,1H3;1H. The first-order chi connectivity index (χ1) is 6.27. The number of esters is 1. The molecule has 80 valence electrons. The minimum Gasteiger partial charge on any atom is -0.461 e. The monoisotopic (exact) mass is 218 g/mol. The smallest absolute Gasteiger partial charge is 0.354 e. The lowest BCUT2D eigenvalue weighted by Gasteiger charge is -1.96. The van der Waals surface area contributed by atoms with E-state index in [9.17, 15) is 4.79 Å². The van der Waals surface area contributed by atoms with E-state index in [1.54, 1.807) is 19.2 Å². The number of nitrogens with two attached hydrogens (primary N) is 1. The Kier molecular flexibility index (Phi) is 5.99. The topological polar surface area (TPSA) is 68.1 Å². The van der Waals surface area contributed by atoms with Crippen LogP contribution in [0.15, 0.2) is 12.3 Å². The average Bonchev–Trinajstić information content (AvgIpc) is 2.54. The van der Waals surface area contributed by atoms with Crippen LogP contribution in [0.5, 0.6) is 0 Å². The second kappa shape index (κ2) is 6.45. The van der Waals surface area contributed by atoms with Crippen LogP contribution in [0, 0.1) is 0 Å². The molecular formula is C9H15ClN2O2. The van der Waals surface area contributed by atoms with Crippen LogP contribution in [-0.4, -0.2) is 24.1 Å². The highest BCUT2D eigenvalue weighted by atomic mass is 35.5. The Bertz CT molecular complexity index is 286. The highest BCUT2D eigenvalue weighted by Crippen LogP contribution is 2.05. The molecule has 0 radical (unpaired) electrons. The summed E-state index contributed by atoms with van der Waals surface area (Å²) in [6.45, 7) is 2.76. The van der Waals surface area contributed by atoms with E-state index in [2.05, 4.69) is 4.98 Å². The van der Waals surface area contributed by atoms with Gasteiger partial charge in [0.1, 0.15) is 5.69 Å². The number of nitrogens with one attached hydrogen (secondary N) is 1. The molecule has 1 heterocycles. The third-order valence-electron chi connectivity index (χ3n) is 1.67. The fraction of sp³-hybridized carbons (Fsp3) is 0.444. The summed E-state index contributed by atoms with van der Waals surface area (Å²) in [7, 11) is 0. The Morgan fingerprint density at radius 3 is 2.93 bits per heavy atom. The molecule has 0 saturated heterocycles. The summed E-state index contributed by atoms with van der Waals surface area (Å²) < 4.78 is 4.82. The van der Waals surface area contributed by atoms with Gasteiger partial charge in [-0.2, -0.15) is 0 Å². The van der Waals surface area contributed by atoms with Crippen molar-refractivity contribution in [2.24, 2.45) is 5.73 Å². The number of hydrogen-bond donors (Lipinski definition) is 2. The zero-order chi connectivity index (χ0) is 9.68.